The number of piperidine rings is 1. The van der Waals surface area contributed by atoms with Gasteiger partial charge < -0.3 is 10.0 Å². The molecule has 1 N–H and O–H groups in total. The summed E-state index contributed by atoms with van der Waals surface area (Å²) in [4.78, 5) is 29.1. The van der Waals surface area contributed by atoms with E-state index < -0.39 is 5.97 Å². The highest BCUT2D eigenvalue weighted by Gasteiger charge is 2.27. The molecular weight excluding hydrogens is 264 g/mol. The van der Waals surface area contributed by atoms with Crippen molar-refractivity contribution in [2.24, 2.45) is 11.8 Å². The largest absolute Gasteiger partial charge is 0.476 e. The van der Waals surface area contributed by atoms with Crippen LogP contribution in [0, 0.1) is 11.8 Å². The van der Waals surface area contributed by atoms with Crippen molar-refractivity contribution in [1.82, 2.24) is 4.98 Å². The number of thiazole rings is 1. The molecular formula is C13H18N2O3S. The minimum atomic E-state index is -1.13. The zero-order valence-electron chi connectivity index (χ0n) is 11.3. The van der Waals surface area contributed by atoms with Gasteiger partial charge in [0.2, 0.25) is 0 Å². The lowest BCUT2D eigenvalue weighted by Crippen LogP contribution is -2.38. The number of ketones is 1. The summed E-state index contributed by atoms with van der Waals surface area (Å²) in [6, 6.07) is 0. The number of Topliss-reactive ketones (excluding diaryl/α,β-unsaturated/α-hetero) is 1. The van der Waals surface area contributed by atoms with Crippen molar-refractivity contribution in [3.63, 3.8) is 0 Å². The standard InChI is InChI=1S/C13H18N2O3S/c1-7-4-5-15(6-8(7)2)13-14-10(12(17)18)11(19-13)9(3)16/h7-8H,4-6H2,1-3H3,(H,17,18). The second-order valence-electron chi connectivity index (χ2n) is 5.22. The number of carbonyl (C=O) groups is 2. The minimum Gasteiger partial charge on any atom is -0.476 e. The number of anilines is 1. The molecule has 0 bridgehead atoms. The number of aromatic nitrogens is 1. The highest BCUT2D eigenvalue weighted by atomic mass is 32.1. The molecule has 2 rings (SSSR count). The van der Waals surface area contributed by atoms with Crippen LogP contribution >= 0.6 is 11.3 Å². The summed E-state index contributed by atoms with van der Waals surface area (Å²) in [6.07, 6.45) is 1.07. The van der Waals surface area contributed by atoms with Crippen molar-refractivity contribution in [2.75, 3.05) is 18.0 Å². The van der Waals surface area contributed by atoms with Crippen LogP contribution in [0.1, 0.15) is 47.4 Å². The molecule has 5 nitrogen and oxygen atoms in total. The van der Waals surface area contributed by atoms with E-state index in [4.69, 9.17) is 5.11 Å². The molecule has 1 aromatic rings. The van der Waals surface area contributed by atoms with Gasteiger partial charge in [0.1, 0.15) is 4.88 Å². The lowest BCUT2D eigenvalue weighted by atomic mass is 9.89. The number of carbonyl (C=O) groups excluding carboxylic acids is 1. The van der Waals surface area contributed by atoms with E-state index >= 15 is 0 Å². The van der Waals surface area contributed by atoms with E-state index in [1.165, 1.54) is 18.3 Å². The van der Waals surface area contributed by atoms with Gasteiger partial charge in [0, 0.05) is 20.0 Å². The maximum absolute atomic E-state index is 11.5. The lowest BCUT2D eigenvalue weighted by molar-refractivity contribution is 0.0687. The molecule has 0 aliphatic carbocycles. The molecule has 1 aromatic heterocycles. The van der Waals surface area contributed by atoms with Gasteiger partial charge in [0.05, 0.1) is 0 Å². The molecule has 0 aromatic carbocycles. The first kappa shape index (κ1) is 14.0. The molecule has 1 fully saturated rings. The number of carboxylic acid groups (broad SMARTS) is 1. The van der Waals surface area contributed by atoms with Crippen LogP contribution in [0.4, 0.5) is 5.13 Å². The summed E-state index contributed by atoms with van der Waals surface area (Å²) in [5.74, 6) is -0.153. The Morgan fingerprint density at radius 1 is 1.37 bits per heavy atom. The van der Waals surface area contributed by atoms with Crippen LogP contribution in [0.25, 0.3) is 0 Å². The van der Waals surface area contributed by atoms with Crippen LogP contribution in [0.15, 0.2) is 0 Å². The molecule has 0 saturated carbocycles. The summed E-state index contributed by atoms with van der Waals surface area (Å²) < 4.78 is 0. The van der Waals surface area contributed by atoms with Gasteiger partial charge in [-0.3, -0.25) is 4.79 Å². The maximum Gasteiger partial charge on any atom is 0.356 e. The molecule has 19 heavy (non-hydrogen) atoms. The maximum atomic E-state index is 11.5. The molecule has 0 radical (unpaired) electrons. The molecule has 1 saturated heterocycles. The van der Waals surface area contributed by atoms with Crippen LogP contribution in [0.5, 0.6) is 0 Å². The number of hydrogen-bond donors (Lipinski definition) is 1. The Morgan fingerprint density at radius 2 is 2.05 bits per heavy atom. The Bertz CT molecular complexity index is 480. The number of hydrogen-bond acceptors (Lipinski definition) is 5. The number of rotatable bonds is 3. The number of nitrogens with zero attached hydrogens (tertiary/aromatic N) is 2. The zero-order valence-corrected chi connectivity index (χ0v) is 12.2. The highest BCUT2D eigenvalue weighted by molar-refractivity contribution is 7.17. The fourth-order valence-electron chi connectivity index (χ4n) is 2.26. The minimum absolute atomic E-state index is 0.112. The first-order chi connectivity index (χ1) is 8.90. The van der Waals surface area contributed by atoms with Crippen LogP contribution in [0.3, 0.4) is 0 Å². The Morgan fingerprint density at radius 3 is 2.53 bits per heavy atom. The van der Waals surface area contributed by atoms with Gasteiger partial charge in [-0.2, -0.15) is 0 Å². The molecule has 2 unspecified atom stereocenters. The number of aromatic carboxylic acids is 1. The number of carboxylic acids is 1. The Balaban J connectivity index is 2.28. The molecule has 1 aliphatic rings. The van der Waals surface area contributed by atoms with Gasteiger partial charge >= 0.3 is 5.97 Å². The average Bonchev–Trinajstić information content (AvgIpc) is 2.78. The van der Waals surface area contributed by atoms with Gasteiger partial charge in [-0.15, -0.1) is 0 Å². The fourth-order valence-corrected chi connectivity index (χ4v) is 3.25. The first-order valence-electron chi connectivity index (χ1n) is 6.40. The van der Waals surface area contributed by atoms with E-state index in [-0.39, 0.29) is 16.4 Å². The monoisotopic (exact) mass is 282 g/mol. The molecule has 104 valence electrons. The van der Waals surface area contributed by atoms with Gasteiger partial charge in [0.25, 0.3) is 0 Å². The first-order valence-corrected chi connectivity index (χ1v) is 7.21. The smallest absolute Gasteiger partial charge is 0.356 e. The van der Waals surface area contributed by atoms with Crippen molar-refractivity contribution >= 4 is 28.2 Å². The van der Waals surface area contributed by atoms with Crippen LogP contribution in [0.2, 0.25) is 0 Å². The van der Waals surface area contributed by atoms with E-state index in [1.807, 2.05) is 0 Å². The van der Waals surface area contributed by atoms with E-state index in [0.717, 1.165) is 19.5 Å². The van der Waals surface area contributed by atoms with Crippen LogP contribution < -0.4 is 4.90 Å². The van der Waals surface area contributed by atoms with Crippen molar-refractivity contribution in [3.05, 3.63) is 10.6 Å². The molecule has 2 atom stereocenters. The third-order valence-corrected chi connectivity index (χ3v) is 4.96. The summed E-state index contributed by atoms with van der Waals surface area (Å²) in [5, 5.41) is 9.75. The quantitative estimate of drug-likeness (QED) is 0.863. The predicted molar refractivity (Wildman–Crippen MR) is 74.2 cm³/mol. The van der Waals surface area contributed by atoms with Crippen LogP contribution in [-0.4, -0.2) is 34.9 Å². The van der Waals surface area contributed by atoms with Crippen molar-refractivity contribution in [2.45, 2.75) is 27.2 Å². The predicted octanol–water partition coefficient (Wildman–Crippen LogP) is 2.53. The van der Waals surface area contributed by atoms with Crippen molar-refractivity contribution in [1.29, 1.82) is 0 Å². The molecule has 2 heterocycles. The SMILES string of the molecule is CC(=O)c1sc(N2CCC(C)C(C)C2)nc1C(=O)O. The Hall–Kier alpha value is -1.43. The van der Waals surface area contributed by atoms with Crippen molar-refractivity contribution in [3.8, 4) is 0 Å². The summed E-state index contributed by atoms with van der Waals surface area (Å²) in [7, 11) is 0. The van der Waals surface area contributed by atoms with Gasteiger partial charge in [-0.05, 0) is 18.3 Å². The third kappa shape index (κ3) is 2.78. The summed E-state index contributed by atoms with van der Waals surface area (Å²) in [5.41, 5.74) is -0.112. The second-order valence-corrected chi connectivity index (χ2v) is 6.20. The highest BCUT2D eigenvalue weighted by Crippen LogP contribution is 2.32. The second kappa shape index (κ2) is 5.28. The lowest BCUT2D eigenvalue weighted by Gasteiger charge is -2.35. The average molecular weight is 282 g/mol. The topological polar surface area (TPSA) is 70.5 Å². The van der Waals surface area contributed by atoms with Gasteiger partial charge in [0.15, 0.2) is 16.6 Å². The van der Waals surface area contributed by atoms with E-state index in [2.05, 4.69) is 23.7 Å². The molecule has 6 heteroatoms. The normalized spacial score (nSPS) is 23.4. The zero-order chi connectivity index (χ0) is 14.2. The van der Waals surface area contributed by atoms with Gasteiger partial charge in [-0.1, -0.05) is 25.2 Å². The Labute approximate surface area is 116 Å². The van der Waals surface area contributed by atoms with Crippen LogP contribution in [-0.2, 0) is 0 Å². The van der Waals surface area contributed by atoms with E-state index in [9.17, 15) is 9.59 Å². The Kier molecular flexibility index (Phi) is 3.89. The molecule has 0 spiro atoms. The summed E-state index contributed by atoms with van der Waals surface area (Å²) >= 11 is 1.19. The fraction of sp³-hybridized carbons (Fsp3) is 0.615. The van der Waals surface area contributed by atoms with E-state index in [1.54, 1.807) is 0 Å². The van der Waals surface area contributed by atoms with Crippen molar-refractivity contribution < 1.29 is 14.7 Å². The van der Waals surface area contributed by atoms with E-state index in [0.29, 0.717) is 17.0 Å². The van der Waals surface area contributed by atoms with Gasteiger partial charge in [-0.25, -0.2) is 9.78 Å². The third-order valence-electron chi connectivity index (χ3n) is 3.74. The summed E-state index contributed by atoms with van der Waals surface area (Å²) in [6.45, 7) is 7.53. The molecule has 0 amide bonds. The molecule has 1 aliphatic heterocycles.